The summed E-state index contributed by atoms with van der Waals surface area (Å²) in [5.74, 6) is 0.798. The summed E-state index contributed by atoms with van der Waals surface area (Å²) in [5, 5.41) is 3.79. The Morgan fingerprint density at radius 1 is 1.69 bits per heavy atom. The maximum Gasteiger partial charge on any atom is 0.177 e. The summed E-state index contributed by atoms with van der Waals surface area (Å²) in [7, 11) is 2.08. The molecule has 1 fully saturated rings. The third-order valence-corrected chi connectivity index (χ3v) is 3.11. The lowest BCUT2D eigenvalue weighted by Gasteiger charge is -2.16. The first kappa shape index (κ1) is 9.02. The summed E-state index contributed by atoms with van der Waals surface area (Å²) in [5.41, 5.74) is 6.45. The molecule has 2 rings (SSSR count). The molecule has 13 heavy (non-hydrogen) atoms. The normalized spacial score (nSPS) is 24.0. The van der Waals surface area contributed by atoms with Gasteiger partial charge in [-0.25, -0.2) is 0 Å². The molecule has 1 atom stereocenters. The number of nitrogens with zero attached hydrogens (tertiary/aromatic N) is 2. The number of hydrogen-bond acceptors (Lipinski definition) is 4. The number of likely N-dealkylation sites (tertiary alicyclic amines) is 1. The average molecular weight is 246 g/mol. The van der Waals surface area contributed by atoms with Crippen LogP contribution < -0.4 is 5.73 Å². The van der Waals surface area contributed by atoms with E-state index in [4.69, 9.17) is 10.3 Å². The van der Waals surface area contributed by atoms with Gasteiger partial charge in [0.2, 0.25) is 0 Å². The number of nitrogen functional groups attached to an aromatic ring is 1. The van der Waals surface area contributed by atoms with Gasteiger partial charge in [-0.3, -0.25) is 4.90 Å². The zero-order valence-corrected chi connectivity index (χ0v) is 9.04. The van der Waals surface area contributed by atoms with Crippen LogP contribution in [0.2, 0.25) is 0 Å². The van der Waals surface area contributed by atoms with Crippen molar-refractivity contribution in [3.05, 3.63) is 10.4 Å². The van der Waals surface area contributed by atoms with E-state index < -0.39 is 0 Å². The van der Waals surface area contributed by atoms with E-state index in [1.54, 1.807) is 0 Å². The fourth-order valence-electron chi connectivity index (χ4n) is 1.77. The van der Waals surface area contributed by atoms with Crippen LogP contribution in [0.4, 0.5) is 5.69 Å². The van der Waals surface area contributed by atoms with Crippen molar-refractivity contribution in [3.8, 4) is 0 Å². The van der Waals surface area contributed by atoms with Crippen molar-refractivity contribution in [1.82, 2.24) is 10.1 Å². The van der Waals surface area contributed by atoms with Crippen LogP contribution in [0.1, 0.15) is 24.6 Å². The average Bonchev–Trinajstić information content (AvgIpc) is 2.62. The van der Waals surface area contributed by atoms with Crippen LogP contribution in [0.5, 0.6) is 0 Å². The molecule has 1 saturated heterocycles. The second kappa shape index (κ2) is 3.31. The summed E-state index contributed by atoms with van der Waals surface area (Å²) in [6, 6.07) is 0.304. The van der Waals surface area contributed by atoms with Crippen LogP contribution in [-0.4, -0.2) is 23.6 Å². The molecule has 0 radical (unpaired) electrons. The molecule has 0 spiro atoms. The van der Waals surface area contributed by atoms with Crippen molar-refractivity contribution in [2.45, 2.75) is 18.9 Å². The number of hydrogen-bond donors (Lipinski definition) is 1. The molecule has 1 aromatic heterocycles. The van der Waals surface area contributed by atoms with Gasteiger partial charge in [0.1, 0.15) is 5.69 Å². The molecule has 1 aromatic rings. The molecule has 1 unspecified atom stereocenters. The fraction of sp³-hybridized carbons (Fsp3) is 0.625. The number of anilines is 1. The van der Waals surface area contributed by atoms with Gasteiger partial charge < -0.3 is 10.3 Å². The maximum atomic E-state index is 5.81. The molecule has 2 N–H and O–H groups in total. The van der Waals surface area contributed by atoms with Crippen LogP contribution in [-0.2, 0) is 0 Å². The van der Waals surface area contributed by atoms with Crippen molar-refractivity contribution in [1.29, 1.82) is 0 Å². The minimum absolute atomic E-state index is 0.304. The topological polar surface area (TPSA) is 55.3 Å². The zero-order chi connectivity index (χ0) is 9.42. The van der Waals surface area contributed by atoms with Gasteiger partial charge in [-0.15, -0.1) is 0 Å². The Hall–Kier alpha value is -0.550. The number of rotatable bonds is 1. The second-order valence-electron chi connectivity index (χ2n) is 3.39. The molecular formula is C8H12BrN3O. The Balaban J connectivity index is 2.29. The lowest BCUT2D eigenvalue weighted by molar-refractivity contribution is 0.252. The van der Waals surface area contributed by atoms with E-state index in [1.807, 2.05) is 0 Å². The summed E-state index contributed by atoms with van der Waals surface area (Å²) >= 11 is 3.23. The van der Waals surface area contributed by atoms with Gasteiger partial charge in [0.05, 0.1) is 6.04 Å². The van der Waals surface area contributed by atoms with Crippen molar-refractivity contribution >= 4 is 21.6 Å². The van der Waals surface area contributed by atoms with Crippen LogP contribution in [0.15, 0.2) is 9.13 Å². The first-order valence-corrected chi connectivity index (χ1v) is 5.10. The van der Waals surface area contributed by atoms with Gasteiger partial charge >= 0.3 is 0 Å². The van der Waals surface area contributed by atoms with Crippen molar-refractivity contribution in [3.63, 3.8) is 0 Å². The lowest BCUT2D eigenvalue weighted by atomic mass is 10.1. The third-order valence-electron chi connectivity index (χ3n) is 2.53. The number of nitrogens with two attached hydrogens (primary N) is 1. The van der Waals surface area contributed by atoms with Gasteiger partial charge in [-0.1, -0.05) is 5.16 Å². The first-order chi connectivity index (χ1) is 6.20. The van der Waals surface area contributed by atoms with Crippen LogP contribution in [0, 0.1) is 0 Å². The highest BCUT2D eigenvalue weighted by molar-refractivity contribution is 9.10. The Morgan fingerprint density at radius 2 is 2.46 bits per heavy atom. The highest BCUT2D eigenvalue weighted by Crippen LogP contribution is 2.36. The molecule has 2 heterocycles. The van der Waals surface area contributed by atoms with E-state index in [2.05, 4.69) is 33.0 Å². The van der Waals surface area contributed by atoms with E-state index in [0.717, 1.165) is 18.7 Å². The smallest absolute Gasteiger partial charge is 0.177 e. The van der Waals surface area contributed by atoms with Gasteiger partial charge in [0.25, 0.3) is 0 Å². The Morgan fingerprint density at radius 3 is 2.92 bits per heavy atom. The SMILES string of the molecule is CN1CCCC1c1onc(Br)c1N. The monoisotopic (exact) mass is 245 g/mol. The summed E-state index contributed by atoms with van der Waals surface area (Å²) in [6.45, 7) is 1.10. The Kier molecular flexibility index (Phi) is 2.29. The van der Waals surface area contributed by atoms with Crippen LogP contribution in [0.25, 0.3) is 0 Å². The second-order valence-corrected chi connectivity index (χ2v) is 4.14. The zero-order valence-electron chi connectivity index (χ0n) is 7.46. The van der Waals surface area contributed by atoms with E-state index >= 15 is 0 Å². The molecular weight excluding hydrogens is 234 g/mol. The molecule has 0 aromatic carbocycles. The minimum Gasteiger partial charge on any atom is -0.394 e. The molecule has 0 saturated carbocycles. The van der Waals surface area contributed by atoms with E-state index in [-0.39, 0.29) is 0 Å². The van der Waals surface area contributed by atoms with Gasteiger partial charge in [0, 0.05) is 0 Å². The highest BCUT2D eigenvalue weighted by atomic mass is 79.9. The number of aromatic nitrogens is 1. The minimum atomic E-state index is 0.304. The third kappa shape index (κ3) is 1.46. The van der Waals surface area contributed by atoms with Gasteiger partial charge in [0.15, 0.2) is 10.4 Å². The molecule has 72 valence electrons. The van der Waals surface area contributed by atoms with Gasteiger partial charge in [-0.05, 0) is 42.4 Å². The Bertz CT molecular complexity index is 312. The van der Waals surface area contributed by atoms with E-state index in [9.17, 15) is 0 Å². The first-order valence-electron chi connectivity index (χ1n) is 4.31. The predicted octanol–water partition coefficient (Wildman–Crippen LogP) is 1.79. The number of halogens is 1. The Labute approximate surface area is 85.2 Å². The predicted molar refractivity (Wildman–Crippen MR) is 53.2 cm³/mol. The van der Waals surface area contributed by atoms with E-state index in [0.29, 0.717) is 16.3 Å². The van der Waals surface area contributed by atoms with Gasteiger partial charge in [-0.2, -0.15) is 0 Å². The highest BCUT2D eigenvalue weighted by Gasteiger charge is 2.28. The molecule has 0 aliphatic carbocycles. The maximum absolute atomic E-state index is 5.81. The quantitative estimate of drug-likeness (QED) is 0.820. The van der Waals surface area contributed by atoms with Crippen LogP contribution >= 0.6 is 15.9 Å². The van der Waals surface area contributed by atoms with Crippen LogP contribution in [0.3, 0.4) is 0 Å². The summed E-state index contributed by atoms with van der Waals surface area (Å²) in [6.07, 6.45) is 2.29. The molecule has 1 aliphatic heterocycles. The fourth-order valence-corrected chi connectivity index (χ4v) is 2.04. The molecule has 1 aliphatic rings. The lowest BCUT2D eigenvalue weighted by Crippen LogP contribution is -2.17. The van der Waals surface area contributed by atoms with Crippen molar-refractivity contribution in [2.24, 2.45) is 0 Å². The largest absolute Gasteiger partial charge is 0.394 e. The van der Waals surface area contributed by atoms with Crippen molar-refractivity contribution < 1.29 is 4.52 Å². The summed E-state index contributed by atoms with van der Waals surface area (Å²) < 4.78 is 5.80. The molecule has 5 heteroatoms. The standard InChI is InChI=1S/C8H12BrN3O/c1-12-4-2-3-5(12)7-6(10)8(9)11-13-7/h5H,2-4,10H2,1H3. The molecule has 0 bridgehead atoms. The molecule has 4 nitrogen and oxygen atoms in total. The van der Waals surface area contributed by atoms with E-state index in [1.165, 1.54) is 6.42 Å². The molecule has 0 amide bonds. The summed E-state index contributed by atoms with van der Waals surface area (Å²) in [4.78, 5) is 2.24. The van der Waals surface area contributed by atoms with Crippen molar-refractivity contribution in [2.75, 3.05) is 19.3 Å².